The third-order valence-electron chi connectivity index (χ3n) is 2.01. The molecule has 0 aromatic heterocycles. The van der Waals surface area contributed by atoms with E-state index in [0.717, 1.165) is 18.8 Å². The number of benzene rings is 1. The van der Waals surface area contributed by atoms with E-state index in [1.807, 2.05) is 0 Å². The molecule has 0 saturated carbocycles. The summed E-state index contributed by atoms with van der Waals surface area (Å²) in [6, 6.07) is 6.43. The van der Waals surface area contributed by atoms with Gasteiger partial charge >= 0.3 is 0 Å². The van der Waals surface area contributed by atoms with Gasteiger partial charge in [0.15, 0.2) is 0 Å². The molecule has 1 nitrogen and oxygen atoms in total. The third kappa shape index (κ3) is 3.27. The molecule has 1 N–H and O–H groups in total. The standard InChI is InChI=1S/C11H16ClN/c1-9-4-5-11(10(2)8-9)13-7-3-6-12/h4-5,8,13H,3,6-7H2,1-2H3. The van der Waals surface area contributed by atoms with Gasteiger partial charge in [-0.15, -0.1) is 11.6 Å². The summed E-state index contributed by atoms with van der Waals surface area (Å²) in [5.41, 5.74) is 3.82. The smallest absolute Gasteiger partial charge is 0.0370 e. The Hall–Kier alpha value is -0.690. The average molecular weight is 198 g/mol. The lowest BCUT2D eigenvalue weighted by atomic mass is 10.1. The van der Waals surface area contributed by atoms with Crippen molar-refractivity contribution in [2.45, 2.75) is 20.3 Å². The number of hydrogen-bond donors (Lipinski definition) is 1. The predicted octanol–water partition coefficient (Wildman–Crippen LogP) is 3.34. The molecule has 0 unspecified atom stereocenters. The quantitative estimate of drug-likeness (QED) is 0.577. The zero-order valence-electron chi connectivity index (χ0n) is 8.23. The SMILES string of the molecule is Cc1ccc(NCCCCl)c(C)c1. The fourth-order valence-corrected chi connectivity index (χ4v) is 1.44. The highest BCUT2D eigenvalue weighted by Gasteiger charge is 1.96. The van der Waals surface area contributed by atoms with E-state index in [1.54, 1.807) is 0 Å². The first-order valence-corrected chi connectivity index (χ1v) is 5.14. The van der Waals surface area contributed by atoms with Crippen molar-refractivity contribution in [3.63, 3.8) is 0 Å². The van der Waals surface area contributed by atoms with Gasteiger partial charge in [-0.25, -0.2) is 0 Å². The topological polar surface area (TPSA) is 12.0 Å². The van der Waals surface area contributed by atoms with Gasteiger partial charge in [0.25, 0.3) is 0 Å². The van der Waals surface area contributed by atoms with Crippen molar-refractivity contribution >= 4 is 17.3 Å². The van der Waals surface area contributed by atoms with Crippen molar-refractivity contribution < 1.29 is 0 Å². The molecule has 0 aliphatic carbocycles. The van der Waals surface area contributed by atoms with Crippen molar-refractivity contribution in [3.05, 3.63) is 29.3 Å². The summed E-state index contributed by atoms with van der Waals surface area (Å²) in [6.45, 7) is 5.18. The number of rotatable bonds is 4. The zero-order chi connectivity index (χ0) is 9.68. The average Bonchev–Trinajstić information content (AvgIpc) is 2.09. The molecule has 0 amide bonds. The van der Waals surface area contributed by atoms with E-state index in [0.29, 0.717) is 0 Å². The lowest BCUT2D eigenvalue weighted by molar-refractivity contribution is 0.984. The molecule has 0 aliphatic rings. The second-order valence-corrected chi connectivity index (χ2v) is 3.67. The van der Waals surface area contributed by atoms with Crippen LogP contribution in [0.5, 0.6) is 0 Å². The van der Waals surface area contributed by atoms with Crippen molar-refractivity contribution in [3.8, 4) is 0 Å². The summed E-state index contributed by atoms with van der Waals surface area (Å²) in [5.74, 6) is 0.720. The maximum absolute atomic E-state index is 5.59. The van der Waals surface area contributed by atoms with Gasteiger partial charge in [-0.2, -0.15) is 0 Å². The molecule has 1 rings (SSSR count). The molecular formula is C11H16ClN. The first kappa shape index (κ1) is 10.4. The fraction of sp³-hybridized carbons (Fsp3) is 0.455. The molecule has 0 atom stereocenters. The van der Waals surface area contributed by atoms with E-state index < -0.39 is 0 Å². The lowest BCUT2D eigenvalue weighted by Gasteiger charge is -2.08. The zero-order valence-corrected chi connectivity index (χ0v) is 8.99. The Bertz CT molecular complexity index is 271. The summed E-state index contributed by atoms with van der Waals surface area (Å²) >= 11 is 5.59. The van der Waals surface area contributed by atoms with Crippen molar-refractivity contribution in [1.82, 2.24) is 0 Å². The first-order valence-electron chi connectivity index (χ1n) is 4.61. The van der Waals surface area contributed by atoms with Gasteiger partial charge in [0.05, 0.1) is 0 Å². The van der Waals surface area contributed by atoms with Crippen LogP contribution in [0.15, 0.2) is 18.2 Å². The van der Waals surface area contributed by atoms with Gasteiger partial charge in [0.1, 0.15) is 0 Å². The van der Waals surface area contributed by atoms with E-state index >= 15 is 0 Å². The molecule has 13 heavy (non-hydrogen) atoms. The Balaban J connectivity index is 2.56. The summed E-state index contributed by atoms with van der Waals surface area (Å²) < 4.78 is 0. The largest absolute Gasteiger partial charge is 0.385 e. The molecule has 2 heteroatoms. The maximum atomic E-state index is 5.59. The van der Waals surface area contributed by atoms with Gasteiger partial charge in [0, 0.05) is 18.1 Å². The normalized spacial score (nSPS) is 10.1. The monoisotopic (exact) mass is 197 g/mol. The van der Waals surface area contributed by atoms with E-state index in [2.05, 4.69) is 37.4 Å². The molecule has 0 fully saturated rings. The molecule has 0 bridgehead atoms. The lowest BCUT2D eigenvalue weighted by Crippen LogP contribution is -2.03. The Morgan fingerprint density at radius 2 is 2.08 bits per heavy atom. The van der Waals surface area contributed by atoms with E-state index in [-0.39, 0.29) is 0 Å². The highest BCUT2D eigenvalue weighted by molar-refractivity contribution is 6.17. The molecule has 1 aromatic carbocycles. The van der Waals surface area contributed by atoms with Crippen LogP contribution in [0.4, 0.5) is 5.69 Å². The van der Waals surface area contributed by atoms with Crippen LogP contribution in [0, 0.1) is 13.8 Å². The predicted molar refractivity (Wildman–Crippen MR) is 59.7 cm³/mol. The van der Waals surface area contributed by atoms with E-state index in [4.69, 9.17) is 11.6 Å². The minimum absolute atomic E-state index is 0.720. The minimum atomic E-state index is 0.720. The summed E-state index contributed by atoms with van der Waals surface area (Å²) in [4.78, 5) is 0. The van der Waals surface area contributed by atoms with Gasteiger partial charge < -0.3 is 5.32 Å². The van der Waals surface area contributed by atoms with E-state index in [1.165, 1.54) is 16.8 Å². The number of alkyl halides is 1. The minimum Gasteiger partial charge on any atom is -0.385 e. The van der Waals surface area contributed by atoms with Crippen LogP contribution < -0.4 is 5.32 Å². The van der Waals surface area contributed by atoms with Crippen LogP contribution in [-0.2, 0) is 0 Å². The van der Waals surface area contributed by atoms with Gasteiger partial charge in [-0.1, -0.05) is 17.7 Å². The van der Waals surface area contributed by atoms with Crippen LogP contribution in [0.25, 0.3) is 0 Å². The Kier molecular flexibility index (Phi) is 4.10. The Morgan fingerprint density at radius 3 is 2.69 bits per heavy atom. The molecule has 0 aliphatic heterocycles. The van der Waals surface area contributed by atoms with Crippen LogP contribution in [0.3, 0.4) is 0 Å². The number of nitrogens with one attached hydrogen (secondary N) is 1. The summed E-state index contributed by atoms with van der Waals surface area (Å²) in [5, 5.41) is 3.36. The molecular weight excluding hydrogens is 182 g/mol. The third-order valence-corrected chi connectivity index (χ3v) is 2.28. The van der Waals surface area contributed by atoms with Crippen molar-refractivity contribution in [2.24, 2.45) is 0 Å². The van der Waals surface area contributed by atoms with Crippen LogP contribution in [0.1, 0.15) is 17.5 Å². The van der Waals surface area contributed by atoms with Crippen molar-refractivity contribution in [1.29, 1.82) is 0 Å². The molecule has 72 valence electrons. The Morgan fingerprint density at radius 1 is 1.31 bits per heavy atom. The highest BCUT2D eigenvalue weighted by Crippen LogP contribution is 2.15. The number of halogens is 1. The molecule has 0 radical (unpaired) electrons. The van der Waals surface area contributed by atoms with Gasteiger partial charge in [-0.3, -0.25) is 0 Å². The van der Waals surface area contributed by atoms with Crippen LogP contribution >= 0.6 is 11.6 Å². The first-order chi connectivity index (χ1) is 6.24. The van der Waals surface area contributed by atoms with Gasteiger partial charge in [-0.05, 0) is 31.9 Å². The second-order valence-electron chi connectivity index (χ2n) is 3.29. The Labute approximate surface area is 85.1 Å². The molecule has 0 saturated heterocycles. The van der Waals surface area contributed by atoms with E-state index in [9.17, 15) is 0 Å². The number of anilines is 1. The summed E-state index contributed by atoms with van der Waals surface area (Å²) in [7, 11) is 0. The molecule has 1 aromatic rings. The second kappa shape index (κ2) is 5.13. The molecule has 0 heterocycles. The van der Waals surface area contributed by atoms with Gasteiger partial charge in [0.2, 0.25) is 0 Å². The fourth-order valence-electron chi connectivity index (χ4n) is 1.30. The maximum Gasteiger partial charge on any atom is 0.0370 e. The number of aryl methyl sites for hydroxylation is 2. The van der Waals surface area contributed by atoms with Crippen molar-refractivity contribution in [2.75, 3.05) is 17.7 Å². The van der Waals surface area contributed by atoms with Crippen LogP contribution in [-0.4, -0.2) is 12.4 Å². The number of hydrogen-bond acceptors (Lipinski definition) is 1. The van der Waals surface area contributed by atoms with Crippen LogP contribution in [0.2, 0.25) is 0 Å². The molecule has 0 spiro atoms. The highest BCUT2D eigenvalue weighted by atomic mass is 35.5. The summed E-state index contributed by atoms with van der Waals surface area (Å²) in [6.07, 6.45) is 1.01.